The lowest BCUT2D eigenvalue weighted by atomic mass is 10.1. The van der Waals surface area contributed by atoms with Crippen LogP contribution >= 0.6 is 11.6 Å². The van der Waals surface area contributed by atoms with Crippen LogP contribution in [0.25, 0.3) is 0 Å². The van der Waals surface area contributed by atoms with Crippen LogP contribution in [0.3, 0.4) is 0 Å². The van der Waals surface area contributed by atoms with Crippen molar-refractivity contribution < 1.29 is 22.3 Å². The number of anilines is 3. The van der Waals surface area contributed by atoms with E-state index in [1.807, 2.05) is 0 Å². The predicted octanol–water partition coefficient (Wildman–Crippen LogP) is 3.13. The van der Waals surface area contributed by atoms with Crippen LogP contribution in [0.15, 0.2) is 23.1 Å². The smallest absolute Gasteiger partial charge is 0.377 e. The highest BCUT2D eigenvalue weighted by Crippen LogP contribution is 2.40. The molecule has 2 aromatic rings. The fourth-order valence-corrected chi connectivity index (χ4v) is 3.96. The first-order valence-electron chi connectivity index (χ1n) is 9.30. The molecule has 4 rings (SSSR count). The van der Waals surface area contributed by atoms with Gasteiger partial charge < -0.3 is 9.64 Å². The molecule has 0 radical (unpaired) electrons. The third-order valence-electron chi connectivity index (χ3n) is 5.24. The van der Waals surface area contributed by atoms with Crippen LogP contribution in [-0.2, 0) is 11.3 Å². The average Bonchev–Trinajstić information content (AvgIpc) is 2.69. The SMILES string of the molecule is CC1COCCN1c1nc2n(c(=O)c1F)CCC(C(F)(F)F)N2c1ccnc(Cl)c1. The fraction of sp³-hybridized carbons (Fsp3) is 0.500. The van der Waals surface area contributed by atoms with Gasteiger partial charge >= 0.3 is 6.18 Å². The van der Waals surface area contributed by atoms with Gasteiger partial charge in [0.15, 0.2) is 5.82 Å². The molecule has 0 N–H and O–H groups in total. The normalized spacial score (nSPS) is 22.2. The van der Waals surface area contributed by atoms with Crippen molar-refractivity contribution in [1.82, 2.24) is 14.5 Å². The van der Waals surface area contributed by atoms with Gasteiger partial charge in [0.25, 0.3) is 5.56 Å². The summed E-state index contributed by atoms with van der Waals surface area (Å²) in [7, 11) is 0. The van der Waals surface area contributed by atoms with Crippen LogP contribution in [0.4, 0.5) is 35.0 Å². The highest BCUT2D eigenvalue weighted by Gasteiger charge is 2.48. The van der Waals surface area contributed by atoms with Crippen molar-refractivity contribution >= 4 is 29.1 Å². The third kappa shape index (κ3) is 3.60. The second-order valence-corrected chi connectivity index (χ2v) is 7.56. The molecular weight excluding hydrogens is 430 g/mol. The van der Waals surface area contributed by atoms with Gasteiger partial charge in [0.05, 0.1) is 19.3 Å². The van der Waals surface area contributed by atoms with Crippen LogP contribution in [-0.4, -0.2) is 52.6 Å². The number of halogens is 5. The first-order chi connectivity index (χ1) is 14.2. The van der Waals surface area contributed by atoms with Gasteiger partial charge in [-0.05, 0) is 25.5 Å². The second-order valence-electron chi connectivity index (χ2n) is 7.18. The van der Waals surface area contributed by atoms with Crippen LogP contribution in [0.5, 0.6) is 0 Å². The van der Waals surface area contributed by atoms with Crippen molar-refractivity contribution in [2.24, 2.45) is 0 Å². The maximum Gasteiger partial charge on any atom is 0.409 e. The molecule has 0 saturated carbocycles. The summed E-state index contributed by atoms with van der Waals surface area (Å²) in [5.41, 5.74) is -0.954. The Hall–Kier alpha value is -2.40. The lowest BCUT2D eigenvalue weighted by Crippen LogP contribution is -2.51. The van der Waals surface area contributed by atoms with Crippen molar-refractivity contribution in [2.75, 3.05) is 29.6 Å². The van der Waals surface area contributed by atoms with Crippen LogP contribution in [0, 0.1) is 5.82 Å². The van der Waals surface area contributed by atoms with Crippen molar-refractivity contribution in [2.45, 2.75) is 38.1 Å². The van der Waals surface area contributed by atoms with Crippen LogP contribution in [0.2, 0.25) is 5.15 Å². The number of alkyl halides is 3. The van der Waals surface area contributed by atoms with E-state index in [2.05, 4.69) is 9.97 Å². The Balaban J connectivity index is 1.92. The number of rotatable bonds is 2. The molecule has 1 fully saturated rings. The Kier molecular flexibility index (Phi) is 5.35. The van der Waals surface area contributed by atoms with Gasteiger partial charge in [-0.2, -0.15) is 22.5 Å². The van der Waals surface area contributed by atoms with Crippen molar-refractivity contribution in [3.05, 3.63) is 39.7 Å². The molecule has 1 saturated heterocycles. The fourth-order valence-electron chi connectivity index (χ4n) is 3.79. The Bertz CT molecular complexity index is 1020. The quantitative estimate of drug-likeness (QED) is 0.520. The molecule has 0 bridgehead atoms. The van der Waals surface area contributed by atoms with E-state index in [0.29, 0.717) is 6.61 Å². The second kappa shape index (κ2) is 7.69. The highest BCUT2D eigenvalue weighted by molar-refractivity contribution is 6.29. The number of ether oxygens (including phenoxy) is 1. The number of hydrogen-bond acceptors (Lipinski definition) is 6. The minimum absolute atomic E-state index is 0.0166. The topological polar surface area (TPSA) is 63.5 Å². The maximum atomic E-state index is 14.9. The lowest BCUT2D eigenvalue weighted by molar-refractivity contribution is -0.150. The summed E-state index contributed by atoms with van der Waals surface area (Å²) < 4.78 is 62.8. The molecular formula is C18H18ClF4N5O2. The molecule has 30 heavy (non-hydrogen) atoms. The summed E-state index contributed by atoms with van der Waals surface area (Å²) >= 11 is 5.89. The van der Waals surface area contributed by atoms with E-state index in [1.165, 1.54) is 23.2 Å². The first-order valence-corrected chi connectivity index (χ1v) is 9.68. The van der Waals surface area contributed by atoms with Crippen LogP contribution < -0.4 is 15.4 Å². The van der Waals surface area contributed by atoms with Gasteiger partial charge in [0.1, 0.15) is 11.2 Å². The molecule has 162 valence electrons. The zero-order valence-electron chi connectivity index (χ0n) is 15.9. The van der Waals surface area contributed by atoms with Crippen molar-refractivity contribution in [3.63, 3.8) is 0 Å². The minimum Gasteiger partial charge on any atom is -0.377 e. The summed E-state index contributed by atoms with van der Waals surface area (Å²) in [6.07, 6.45) is -3.79. The van der Waals surface area contributed by atoms with Gasteiger partial charge in [0.2, 0.25) is 11.8 Å². The molecule has 2 atom stereocenters. The highest BCUT2D eigenvalue weighted by atomic mass is 35.5. The monoisotopic (exact) mass is 447 g/mol. The number of pyridine rings is 1. The summed E-state index contributed by atoms with van der Waals surface area (Å²) in [6.45, 7) is 2.29. The Morgan fingerprint density at radius 3 is 2.73 bits per heavy atom. The summed E-state index contributed by atoms with van der Waals surface area (Å²) in [5.74, 6) is -1.66. The molecule has 4 heterocycles. The molecule has 2 unspecified atom stereocenters. The van der Waals surface area contributed by atoms with E-state index >= 15 is 0 Å². The molecule has 0 amide bonds. The third-order valence-corrected chi connectivity index (χ3v) is 5.44. The van der Waals surface area contributed by atoms with E-state index in [9.17, 15) is 22.4 Å². The van der Waals surface area contributed by atoms with E-state index in [4.69, 9.17) is 16.3 Å². The summed E-state index contributed by atoms with van der Waals surface area (Å²) in [5, 5.41) is -0.0166. The van der Waals surface area contributed by atoms with Crippen molar-refractivity contribution in [3.8, 4) is 0 Å². The van der Waals surface area contributed by atoms with E-state index in [0.717, 1.165) is 9.47 Å². The van der Waals surface area contributed by atoms with Gasteiger partial charge in [-0.25, -0.2) is 4.98 Å². The van der Waals surface area contributed by atoms with Crippen molar-refractivity contribution in [1.29, 1.82) is 0 Å². The van der Waals surface area contributed by atoms with Gasteiger partial charge in [0, 0.05) is 25.0 Å². The number of aromatic nitrogens is 3. The Labute approximate surface area is 173 Å². The van der Waals surface area contributed by atoms with E-state index in [-0.39, 0.29) is 48.3 Å². The zero-order chi connectivity index (χ0) is 21.6. The summed E-state index contributed by atoms with van der Waals surface area (Å²) in [6, 6.07) is 0.340. The number of hydrogen-bond donors (Lipinski definition) is 0. The number of nitrogens with zero attached hydrogens (tertiary/aromatic N) is 5. The largest absolute Gasteiger partial charge is 0.409 e. The maximum absolute atomic E-state index is 14.9. The van der Waals surface area contributed by atoms with E-state index < -0.39 is 30.0 Å². The predicted molar refractivity (Wildman–Crippen MR) is 102 cm³/mol. The standard InChI is InChI=1S/C18H18ClF4N5O2/c1-10-9-30-7-6-26(10)15-14(20)16(29)27-5-3-12(18(21,22)23)28(17(27)25-15)11-2-4-24-13(19)8-11/h2,4,8,10,12H,3,5-7,9H2,1H3. The first kappa shape index (κ1) is 20.9. The molecule has 2 aromatic heterocycles. The van der Waals surface area contributed by atoms with Crippen LogP contribution in [0.1, 0.15) is 13.3 Å². The van der Waals surface area contributed by atoms with Gasteiger partial charge in [-0.1, -0.05) is 11.6 Å². The van der Waals surface area contributed by atoms with Gasteiger partial charge in [-0.15, -0.1) is 0 Å². The number of morpholine rings is 1. The Morgan fingerprint density at radius 2 is 2.07 bits per heavy atom. The molecule has 2 aliphatic rings. The molecule has 2 aliphatic heterocycles. The molecule has 0 spiro atoms. The Morgan fingerprint density at radius 1 is 1.30 bits per heavy atom. The van der Waals surface area contributed by atoms with E-state index in [1.54, 1.807) is 6.92 Å². The zero-order valence-corrected chi connectivity index (χ0v) is 16.6. The molecule has 0 aromatic carbocycles. The molecule has 7 nitrogen and oxygen atoms in total. The minimum atomic E-state index is -4.61. The van der Waals surface area contributed by atoms with Gasteiger partial charge in [-0.3, -0.25) is 14.3 Å². The average molecular weight is 448 g/mol. The number of fused-ring (bicyclic) bond motifs is 1. The molecule has 12 heteroatoms. The lowest BCUT2D eigenvalue weighted by Gasteiger charge is -2.40. The summed E-state index contributed by atoms with van der Waals surface area (Å²) in [4.78, 5) is 23.2. The molecule has 0 aliphatic carbocycles.